The fourth-order valence-corrected chi connectivity index (χ4v) is 1.23. The van der Waals surface area contributed by atoms with E-state index in [1.54, 1.807) is 0 Å². The zero-order chi connectivity index (χ0) is 10.2. The van der Waals surface area contributed by atoms with Gasteiger partial charge < -0.3 is 25.2 Å². The van der Waals surface area contributed by atoms with Crippen molar-refractivity contribution in [2.45, 2.75) is 30.8 Å². The van der Waals surface area contributed by atoms with Gasteiger partial charge in [0.1, 0.15) is 12.2 Å². The average Bonchev–Trinajstić information content (AvgIpc) is 2.30. The molecule has 1 rings (SSSR count). The molecule has 0 spiro atoms. The molecule has 1 fully saturated rings. The first-order valence-electron chi connectivity index (χ1n) is 3.81. The molecular weight excluding hydrogens is 180 g/mol. The van der Waals surface area contributed by atoms with Crippen molar-refractivity contribution in [3.63, 3.8) is 0 Å². The Kier molecular flexibility index (Phi) is 2.58. The Balaban J connectivity index is 2.87. The van der Waals surface area contributed by atoms with E-state index in [4.69, 9.17) is 10.2 Å². The zero-order valence-electron chi connectivity index (χ0n) is 7.04. The van der Waals surface area contributed by atoms with Gasteiger partial charge in [0.2, 0.25) is 0 Å². The first-order valence-corrected chi connectivity index (χ1v) is 3.81. The Labute approximate surface area is 74.4 Å². The summed E-state index contributed by atoms with van der Waals surface area (Å²) in [7, 11) is 0. The van der Waals surface area contributed by atoms with Crippen molar-refractivity contribution in [2.24, 2.45) is 0 Å². The SMILES string of the molecule is C[C@]1([C@H](O)CO)OC(=O)[C@@H](O)[C@@H]1O. The molecule has 0 aliphatic carbocycles. The van der Waals surface area contributed by atoms with E-state index in [-0.39, 0.29) is 0 Å². The molecule has 1 aliphatic heterocycles. The van der Waals surface area contributed by atoms with Gasteiger partial charge in [-0.25, -0.2) is 4.79 Å². The van der Waals surface area contributed by atoms with Crippen molar-refractivity contribution in [3.8, 4) is 0 Å². The number of carbonyl (C=O) groups excluding carboxylic acids is 1. The predicted octanol–water partition coefficient (Wildman–Crippen LogP) is -2.62. The van der Waals surface area contributed by atoms with Crippen molar-refractivity contribution >= 4 is 5.97 Å². The van der Waals surface area contributed by atoms with Gasteiger partial charge in [-0.05, 0) is 6.92 Å². The lowest BCUT2D eigenvalue weighted by molar-refractivity contribution is -0.167. The standard InChI is InChI=1S/C7H12O6/c1-7(3(9)2-8)5(11)4(10)6(12)13-7/h3-5,8-11H,2H2,1H3/t3-,4+,5+,7-/m1/s1. The maximum absolute atomic E-state index is 10.8. The lowest BCUT2D eigenvalue weighted by Crippen LogP contribution is -2.51. The van der Waals surface area contributed by atoms with Crippen LogP contribution < -0.4 is 0 Å². The smallest absolute Gasteiger partial charge is 0.338 e. The van der Waals surface area contributed by atoms with Crippen molar-refractivity contribution in [1.29, 1.82) is 0 Å². The molecule has 1 heterocycles. The first-order chi connectivity index (χ1) is 5.93. The zero-order valence-corrected chi connectivity index (χ0v) is 7.04. The number of esters is 1. The van der Waals surface area contributed by atoms with Crippen LogP contribution in [0, 0.1) is 0 Å². The summed E-state index contributed by atoms with van der Waals surface area (Å²) in [6, 6.07) is 0. The normalized spacial score (nSPS) is 41.8. The number of hydrogen-bond donors (Lipinski definition) is 4. The molecule has 1 saturated heterocycles. The lowest BCUT2D eigenvalue weighted by Gasteiger charge is -2.30. The molecule has 0 aromatic rings. The molecule has 0 aromatic carbocycles. The number of ether oxygens (including phenoxy) is 1. The number of cyclic esters (lactones) is 1. The minimum Gasteiger partial charge on any atom is -0.452 e. The number of carbonyl (C=O) groups is 1. The van der Waals surface area contributed by atoms with Gasteiger partial charge in [0.05, 0.1) is 6.61 Å². The van der Waals surface area contributed by atoms with Gasteiger partial charge in [-0.1, -0.05) is 0 Å². The van der Waals surface area contributed by atoms with Crippen molar-refractivity contribution in [2.75, 3.05) is 6.61 Å². The third-order valence-electron chi connectivity index (χ3n) is 2.28. The van der Waals surface area contributed by atoms with Gasteiger partial charge in [0, 0.05) is 0 Å². The lowest BCUT2D eigenvalue weighted by atomic mass is 9.92. The molecule has 0 amide bonds. The summed E-state index contributed by atoms with van der Waals surface area (Å²) in [4.78, 5) is 10.8. The Morgan fingerprint density at radius 1 is 1.62 bits per heavy atom. The van der Waals surface area contributed by atoms with E-state index < -0.39 is 36.5 Å². The first kappa shape index (κ1) is 10.4. The average molecular weight is 192 g/mol. The Morgan fingerprint density at radius 2 is 2.15 bits per heavy atom. The van der Waals surface area contributed by atoms with Gasteiger partial charge in [-0.3, -0.25) is 0 Å². The van der Waals surface area contributed by atoms with E-state index in [0.717, 1.165) is 0 Å². The summed E-state index contributed by atoms with van der Waals surface area (Å²) in [5, 5.41) is 36.2. The van der Waals surface area contributed by atoms with Crippen LogP contribution in [0.3, 0.4) is 0 Å². The van der Waals surface area contributed by atoms with Crippen molar-refractivity contribution in [3.05, 3.63) is 0 Å². The van der Waals surface area contributed by atoms with Crippen LogP contribution in [0.2, 0.25) is 0 Å². The Hall–Kier alpha value is -0.690. The highest BCUT2D eigenvalue weighted by Crippen LogP contribution is 2.30. The number of hydrogen-bond acceptors (Lipinski definition) is 6. The number of rotatable bonds is 2. The van der Waals surface area contributed by atoms with Crippen molar-refractivity contribution < 1.29 is 30.0 Å². The van der Waals surface area contributed by atoms with Gasteiger partial charge in [-0.15, -0.1) is 0 Å². The second-order valence-corrected chi connectivity index (χ2v) is 3.19. The monoisotopic (exact) mass is 192 g/mol. The summed E-state index contributed by atoms with van der Waals surface area (Å²) < 4.78 is 4.58. The van der Waals surface area contributed by atoms with Crippen LogP contribution in [0.25, 0.3) is 0 Å². The van der Waals surface area contributed by atoms with E-state index in [9.17, 15) is 15.0 Å². The molecule has 76 valence electrons. The summed E-state index contributed by atoms with van der Waals surface area (Å²) in [5.41, 5.74) is -1.63. The van der Waals surface area contributed by atoms with E-state index in [0.29, 0.717) is 0 Å². The van der Waals surface area contributed by atoms with E-state index >= 15 is 0 Å². The van der Waals surface area contributed by atoms with Crippen LogP contribution in [0.1, 0.15) is 6.92 Å². The second kappa shape index (κ2) is 3.22. The third-order valence-corrected chi connectivity index (χ3v) is 2.28. The minimum atomic E-state index is -1.66. The number of aliphatic hydroxyl groups is 4. The molecule has 6 heteroatoms. The molecule has 6 nitrogen and oxygen atoms in total. The molecule has 13 heavy (non-hydrogen) atoms. The quantitative estimate of drug-likeness (QED) is 0.357. The highest BCUT2D eigenvalue weighted by molar-refractivity contribution is 5.78. The maximum atomic E-state index is 10.8. The van der Waals surface area contributed by atoms with E-state index in [1.165, 1.54) is 6.92 Å². The Bertz CT molecular complexity index is 217. The largest absolute Gasteiger partial charge is 0.452 e. The second-order valence-electron chi connectivity index (χ2n) is 3.19. The van der Waals surface area contributed by atoms with Crippen LogP contribution in [0.4, 0.5) is 0 Å². The number of aliphatic hydroxyl groups excluding tert-OH is 4. The van der Waals surface area contributed by atoms with Crippen molar-refractivity contribution in [1.82, 2.24) is 0 Å². The Morgan fingerprint density at radius 3 is 2.46 bits per heavy atom. The summed E-state index contributed by atoms with van der Waals surface area (Å²) in [5.74, 6) is -0.998. The molecule has 0 radical (unpaired) electrons. The van der Waals surface area contributed by atoms with E-state index in [1.807, 2.05) is 0 Å². The maximum Gasteiger partial charge on any atom is 0.338 e. The fourth-order valence-electron chi connectivity index (χ4n) is 1.23. The van der Waals surface area contributed by atoms with Gasteiger partial charge in [0.15, 0.2) is 11.7 Å². The summed E-state index contributed by atoms with van der Waals surface area (Å²) in [6.07, 6.45) is -4.60. The van der Waals surface area contributed by atoms with Gasteiger partial charge >= 0.3 is 5.97 Å². The van der Waals surface area contributed by atoms with Crippen LogP contribution in [0.5, 0.6) is 0 Å². The van der Waals surface area contributed by atoms with Gasteiger partial charge in [0.25, 0.3) is 0 Å². The highest BCUT2D eigenvalue weighted by Gasteiger charge is 2.55. The molecular formula is C7H12O6. The summed E-state index contributed by atoms with van der Waals surface area (Å²) >= 11 is 0. The van der Waals surface area contributed by atoms with E-state index in [2.05, 4.69) is 4.74 Å². The van der Waals surface area contributed by atoms with Crippen LogP contribution >= 0.6 is 0 Å². The third kappa shape index (κ3) is 1.42. The topological polar surface area (TPSA) is 107 Å². The van der Waals surface area contributed by atoms with Crippen LogP contribution in [0.15, 0.2) is 0 Å². The highest BCUT2D eigenvalue weighted by atomic mass is 16.6. The molecule has 4 atom stereocenters. The molecule has 1 aliphatic rings. The minimum absolute atomic E-state index is 0.659. The van der Waals surface area contributed by atoms with Crippen LogP contribution in [-0.2, 0) is 9.53 Å². The van der Waals surface area contributed by atoms with Gasteiger partial charge in [-0.2, -0.15) is 0 Å². The molecule has 0 saturated carbocycles. The molecule has 4 N–H and O–H groups in total. The van der Waals surface area contributed by atoms with Crippen LogP contribution in [-0.4, -0.2) is 56.9 Å². The molecule has 0 aromatic heterocycles. The fraction of sp³-hybridized carbons (Fsp3) is 0.857. The summed E-state index contributed by atoms with van der Waals surface area (Å²) in [6.45, 7) is 0.584. The molecule has 0 unspecified atom stereocenters. The molecule has 0 bridgehead atoms. The predicted molar refractivity (Wildman–Crippen MR) is 39.6 cm³/mol.